The number of thioether (sulfide) groups is 1. The third-order valence-electron chi connectivity index (χ3n) is 5.69. The van der Waals surface area contributed by atoms with E-state index in [0.717, 1.165) is 11.1 Å². The van der Waals surface area contributed by atoms with E-state index in [-0.39, 0.29) is 17.5 Å². The number of amides is 1. The van der Waals surface area contributed by atoms with Gasteiger partial charge < -0.3 is 5.32 Å². The van der Waals surface area contributed by atoms with Gasteiger partial charge in [-0.05, 0) is 55.3 Å². The van der Waals surface area contributed by atoms with E-state index in [1.165, 1.54) is 11.8 Å². The molecule has 1 N–H and O–H groups in total. The predicted molar refractivity (Wildman–Crippen MR) is 144 cm³/mol. The minimum absolute atomic E-state index is 0.00851. The number of halogens is 1. The van der Waals surface area contributed by atoms with Gasteiger partial charge in [0.15, 0.2) is 5.16 Å². The lowest BCUT2D eigenvalue weighted by atomic mass is 10.1. The van der Waals surface area contributed by atoms with E-state index in [0.29, 0.717) is 44.7 Å². The van der Waals surface area contributed by atoms with Crippen LogP contribution in [0.3, 0.4) is 0 Å². The average Bonchev–Trinajstić information content (AvgIpc) is 3.29. The Labute approximate surface area is 217 Å². The predicted octanol–water partition coefficient (Wildman–Crippen LogP) is 5.18. The lowest BCUT2D eigenvalue weighted by molar-refractivity contribution is 0.0943. The van der Waals surface area contributed by atoms with Gasteiger partial charge >= 0.3 is 0 Å². The molecular weight excluding hydrogens is 494 g/mol. The highest BCUT2D eigenvalue weighted by Crippen LogP contribution is 2.26. The normalized spacial score (nSPS) is 11.4. The summed E-state index contributed by atoms with van der Waals surface area (Å²) < 4.78 is 3.49. The van der Waals surface area contributed by atoms with Gasteiger partial charge in [0.05, 0.1) is 17.4 Å². The van der Waals surface area contributed by atoms with Crippen LogP contribution in [0.1, 0.15) is 35.3 Å². The molecule has 2 heterocycles. The molecule has 5 rings (SSSR count). The minimum Gasteiger partial charge on any atom is -0.350 e. The molecule has 182 valence electrons. The van der Waals surface area contributed by atoms with Crippen LogP contribution in [0.4, 0.5) is 0 Å². The summed E-state index contributed by atoms with van der Waals surface area (Å²) in [5.74, 6) is 0.842. The standard InChI is InChI=1S/C27H24ClN5O2S/c1-17(2)29-24(34)20-11-12-22-23(14-20)33-26(32(25(22)35)15-18-7-4-3-5-8-18)30-31-27(33)36-16-19-9-6-10-21(28)13-19/h3-14,17H,15-16H2,1-2H3,(H,29,34). The highest BCUT2D eigenvalue weighted by Gasteiger charge is 2.19. The van der Waals surface area contributed by atoms with E-state index in [2.05, 4.69) is 15.5 Å². The van der Waals surface area contributed by atoms with Crippen molar-refractivity contribution in [2.45, 2.75) is 37.3 Å². The van der Waals surface area contributed by atoms with Crippen LogP contribution < -0.4 is 10.9 Å². The number of rotatable bonds is 7. The zero-order valence-corrected chi connectivity index (χ0v) is 21.4. The molecule has 9 heteroatoms. The molecule has 0 radical (unpaired) electrons. The summed E-state index contributed by atoms with van der Waals surface area (Å²) in [5.41, 5.74) is 2.90. The van der Waals surface area contributed by atoms with Crippen molar-refractivity contribution in [1.29, 1.82) is 0 Å². The molecule has 0 bridgehead atoms. The summed E-state index contributed by atoms with van der Waals surface area (Å²) in [4.78, 5) is 26.3. The van der Waals surface area contributed by atoms with Crippen LogP contribution in [0.5, 0.6) is 0 Å². The number of carbonyl (C=O) groups excluding carboxylic acids is 1. The first-order valence-electron chi connectivity index (χ1n) is 11.5. The molecule has 0 aliphatic carbocycles. The first-order valence-corrected chi connectivity index (χ1v) is 12.9. The van der Waals surface area contributed by atoms with Crippen molar-refractivity contribution in [2.75, 3.05) is 0 Å². The molecule has 0 fully saturated rings. The molecule has 2 aromatic heterocycles. The Morgan fingerprint density at radius 2 is 1.78 bits per heavy atom. The average molecular weight is 518 g/mol. The smallest absolute Gasteiger partial charge is 0.263 e. The van der Waals surface area contributed by atoms with Gasteiger partial charge in [-0.25, -0.2) is 0 Å². The first kappa shape index (κ1) is 24.1. The maximum absolute atomic E-state index is 13.6. The molecular formula is C27H24ClN5O2S. The Morgan fingerprint density at radius 1 is 1.00 bits per heavy atom. The molecule has 7 nitrogen and oxygen atoms in total. The van der Waals surface area contributed by atoms with Gasteiger partial charge in [-0.1, -0.05) is 65.8 Å². The second-order valence-corrected chi connectivity index (χ2v) is 10.2. The lowest BCUT2D eigenvalue weighted by Gasteiger charge is -2.13. The summed E-state index contributed by atoms with van der Waals surface area (Å²) in [5, 5.41) is 13.5. The zero-order chi connectivity index (χ0) is 25.2. The summed E-state index contributed by atoms with van der Waals surface area (Å²) in [6.45, 7) is 4.17. The number of carbonyl (C=O) groups is 1. The van der Waals surface area contributed by atoms with Crippen molar-refractivity contribution in [3.63, 3.8) is 0 Å². The molecule has 0 aliphatic heterocycles. The lowest BCUT2D eigenvalue weighted by Crippen LogP contribution is -2.30. The van der Waals surface area contributed by atoms with Gasteiger partial charge in [0.25, 0.3) is 11.5 Å². The first-order chi connectivity index (χ1) is 17.4. The van der Waals surface area contributed by atoms with Crippen LogP contribution in [-0.2, 0) is 12.3 Å². The molecule has 1 amide bonds. The molecule has 0 aliphatic rings. The van der Waals surface area contributed by atoms with Crippen LogP contribution in [0.2, 0.25) is 5.02 Å². The Morgan fingerprint density at radius 3 is 2.53 bits per heavy atom. The maximum atomic E-state index is 13.6. The summed E-state index contributed by atoms with van der Waals surface area (Å²) in [6.07, 6.45) is 0. The Balaban J connectivity index is 1.67. The van der Waals surface area contributed by atoms with Crippen molar-refractivity contribution < 1.29 is 4.79 Å². The van der Waals surface area contributed by atoms with Gasteiger partial charge in [0, 0.05) is 22.4 Å². The third-order valence-corrected chi connectivity index (χ3v) is 6.93. The Bertz CT molecular complexity index is 1630. The van der Waals surface area contributed by atoms with Crippen LogP contribution in [0.25, 0.3) is 16.7 Å². The quantitative estimate of drug-likeness (QED) is 0.301. The second kappa shape index (κ2) is 10.2. The fourth-order valence-corrected chi connectivity index (χ4v) is 5.14. The van der Waals surface area contributed by atoms with E-state index < -0.39 is 0 Å². The zero-order valence-electron chi connectivity index (χ0n) is 19.8. The van der Waals surface area contributed by atoms with Crippen molar-refractivity contribution >= 4 is 46.0 Å². The van der Waals surface area contributed by atoms with E-state index in [1.54, 1.807) is 22.8 Å². The van der Waals surface area contributed by atoms with E-state index in [1.807, 2.05) is 72.8 Å². The number of benzene rings is 3. The largest absolute Gasteiger partial charge is 0.350 e. The molecule has 0 saturated heterocycles. The summed E-state index contributed by atoms with van der Waals surface area (Å²) in [6, 6.07) is 22.5. The fraction of sp³-hybridized carbons (Fsp3) is 0.185. The van der Waals surface area contributed by atoms with Crippen molar-refractivity contribution in [2.24, 2.45) is 0 Å². The van der Waals surface area contributed by atoms with Gasteiger partial charge in [-0.3, -0.25) is 18.6 Å². The molecule has 0 atom stereocenters. The number of nitrogens with zero attached hydrogens (tertiary/aromatic N) is 4. The molecule has 3 aromatic carbocycles. The van der Waals surface area contributed by atoms with Crippen LogP contribution in [-0.4, -0.2) is 31.1 Å². The van der Waals surface area contributed by atoms with Crippen LogP contribution in [0.15, 0.2) is 82.7 Å². The monoisotopic (exact) mass is 517 g/mol. The van der Waals surface area contributed by atoms with E-state index in [4.69, 9.17) is 11.6 Å². The van der Waals surface area contributed by atoms with Gasteiger partial charge in [-0.2, -0.15) is 0 Å². The molecule has 5 aromatic rings. The number of fused-ring (bicyclic) bond motifs is 3. The van der Waals surface area contributed by atoms with Crippen molar-refractivity contribution in [1.82, 2.24) is 24.5 Å². The number of aromatic nitrogens is 4. The van der Waals surface area contributed by atoms with E-state index in [9.17, 15) is 9.59 Å². The van der Waals surface area contributed by atoms with Crippen LogP contribution in [0, 0.1) is 0 Å². The maximum Gasteiger partial charge on any atom is 0.263 e. The highest BCUT2D eigenvalue weighted by molar-refractivity contribution is 7.98. The Kier molecular flexibility index (Phi) is 6.80. The second-order valence-electron chi connectivity index (χ2n) is 8.77. The van der Waals surface area contributed by atoms with E-state index >= 15 is 0 Å². The van der Waals surface area contributed by atoms with Crippen molar-refractivity contribution in [3.8, 4) is 0 Å². The minimum atomic E-state index is -0.199. The van der Waals surface area contributed by atoms with Gasteiger partial charge in [0.1, 0.15) is 0 Å². The molecule has 0 spiro atoms. The molecule has 0 saturated carbocycles. The summed E-state index contributed by atoms with van der Waals surface area (Å²) in [7, 11) is 0. The number of hydrogen-bond donors (Lipinski definition) is 1. The SMILES string of the molecule is CC(C)NC(=O)c1ccc2c(=O)n(Cc3ccccc3)c3nnc(SCc4cccc(Cl)c4)n3c2c1. The highest BCUT2D eigenvalue weighted by atomic mass is 35.5. The molecule has 0 unspecified atom stereocenters. The molecule has 36 heavy (non-hydrogen) atoms. The summed E-state index contributed by atoms with van der Waals surface area (Å²) >= 11 is 7.65. The topological polar surface area (TPSA) is 81.3 Å². The van der Waals surface area contributed by atoms with Crippen LogP contribution >= 0.6 is 23.4 Å². The third kappa shape index (κ3) is 4.87. The Hall–Kier alpha value is -3.62. The van der Waals surface area contributed by atoms with Crippen molar-refractivity contribution in [3.05, 3.63) is 105 Å². The number of nitrogens with one attached hydrogen (secondary N) is 1. The fourth-order valence-electron chi connectivity index (χ4n) is 4.04. The number of hydrogen-bond acceptors (Lipinski definition) is 5. The van der Waals surface area contributed by atoms with Gasteiger partial charge in [-0.15, -0.1) is 10.2 Å². The van der Waals surface area contributed by atoms with Gasteiger partial charge in [0.2, 0.25) is 5.78 Å².